The molecule has 1 aliphatic rings. The van der Waals surface area contributed by atoms with Gasteiger partial charge in [0.2, 0.25) is 5.91 Å². The van der Waals surface area contributed by atoms with Crippen molar-refractivity contribution in [1.29, 1.82) is 0 Å². The first kappa shape index (κ1) is 11.5. The van der Waals surface area contributed by atoms with E-state index in [9.17, 15) is 4.79 Å². The third-order valence-corrected chi connectivity index (χ3v) is 3.67. The first-order valence-corrected chi connectivity index (χ1v) is 5.69. The van der Waals surface area contributed by atoms with Gasteiger partial charge in [-0.15, -0.1) is 0 Å². The minimum Gasteiger partial charge on any atom is -0.353 e. The molecule has 0 aliphatic heterocycles. The van der Waals surface area contributed by atoms with E-state index in [0.717, 1.165) is 25.7 Å². The largest absolute Gasteiger partial charge is 0.353 e. The number of hydrogen-bond donors (Lipinski definition) is 2. The Labute approximate surface area is 86.4 Å². The summed E-state index contributed by atoms with van der Waals surface area (Å²) >= 11 is 0. The van der Waals surface area contributed by atoms with E-state index in [4.69, 9.17) is 5.73 Å². The second-order valence-electron chi connectivity index (χ2n) is 4.29. The van der Waals surface area contributed by atoms with Crippen LogP contribution >= 0.6 is 0 Å². The number of carbonyl (C=O) groups excluding carboxylic acids is 1. The Hall–Kier alpha value is -0.570. The van der Waals surface area contributed by atoms with Crippen LogP contribution in [0.15, 0.2) is 0 Å². The van der Waals surface area contributed by atoms with E-state index in [1.807, 2.05) is 13.8 Å². The molecule has 1 saturated carbocycles. The van der Waals surface area contributed by atoms with Crippen molar-refractivity contribution in [3.63, 3.8) is 0 Å². The van der Waals surface area contributed by atoms with Gasteiger partial charge in [-0.05, 0) is 32.1 Å². The molecule has 1 amide bonds. The molecule has 0 bridgehead atoms. The molecule has 0 unspecified atom stereocenters. The molecule has 3 N–H and O–H groups in total. The molecule has 1 rings (SSSR count). The van der Waals surface area contributed by atoms with Gasteiger partial charge in [-0.3, -0.25) is 4.79 Å². The predicted molar refractivity (Wildman–Crippen MR) is 57.9 cm³/mol. The summed E-state index contributed by atoms with van der Waals surface area (Å²) in [7, 11) is 0. The van der Waals surface area contributed by atoms with Crippen molar-refractivity contribution < 1.29 is 4.79 Å². The summed E-state index contributed by atoms with van der Waals surface area (Å²) in [5, 5.41) is 3.09. The van der Waals surface area contributed by atoms with Crippen LogP contribution in [0, 0.1) is 5.41 Å². The lowest BCUT2D eigenvalue weighted by molar-refractivity contribution is -0.132. The van der Waals surface area contributed by atoms with E-state index in [2.05, 4.69) is 5.32 Å². The lowest BCUT2D eigenvalue weighted by atomic mass is 9.80. The van der Waals surface area contributed by atoms with Crippen LogP contribution in [-0.2, 0) is 4.79 Å². The molecule has 0 radical (unpaired) electrons. The average Bonchev–Trinajstić information content (AvgIpc) is 2.15. The van der Waals surface area contributed by atoms with Gasteiger partial charge in [0.05, 0.1) is 5.41 Å². The summed E-state index contributed by atoms with van der Waals surface area (Å²) in [6, 6.07) is 0.423. The van der Waals surface area contributed by atoms with Crippen LogP contribution in [0.5, 0.6) is 0 Å². The van der Waals surface area contributed by atoms with Gasteiger partial charge in [0.25, 0.3) is 0 Å². The number of carbonyl (C=O) groups is 1. The SMILES string of the molecule is CCC(CC)(CN)C(=O)NC1CCC1. The minimum atomic E-state index is -0.324. The maximum atomic E-state index is 12.0. The quantitative estimate of drug-likeness (QED) is 0.702. The molecular formula is C11H22N2O. The Balaban J connectivity index is 2.52. The van der Waals surface area contributed by atoms with Crippen LogP contribution in [0.4, 0.5) is 0 Å². The van der Waals surface area contributed by atoms with Gasteiger partial charge < -0.3 is 11.1 Å². The number of nitrogens with one attached hydrogen (secondary N) is 1. The van der Waals surface area contributed by atoms with E-state index in [1.54, 1.807) is 0 Å². The summed E-state index contributed by atoms with van der Waals surface area (Å²) in [4.78, 5) is 12.0. The molecule has 3 nitrogen and oxygen atoms in total. The normalized spacial score (nSPS) is 17.6. The maximum absolute atomic E-state index is 12.0. The second kappa shape index (κ2) is 4.78. The standard InChI is InChI=1S/C11H22N2O/c1-3-11(4-2,8-12)10(14)13-9-6-5-7-9/h9H,3-8,12H2,1-2H3,(H,13,14). The van der Waals surface area contributed by atoms with Gasteiger partial charge in [-0.2, -0.15) is 0 Å². The third kappa shape index (κ3) is 2.08. The molecular weight excluding hydrogens is 176 g/mol. The fourth-order valence-corrected chi connectivity index (χ4v) is 1.84. The molecule has 0 aromatic rings. The molecule has 3 heteroatoms. The lowest BCUT2D eigenvalue weighted by Crippen LogP contribution is -2.50. The lowest BCUT2D eigenvalue weighted by Gasteiger charge is -2.34. The highest BCUT2D eigenvalue weighted by atomic mass is 16.2. The van der Waals surface area contributed by atoms with Gasteiger partial charge in [-0.25, -0.2) is 0 Å². The van der Waals surface area contributed by atoms with Crippen LogP contribution in [0.1, 0.15) is 46.0 Å². The summed E-state index contributed by atoms with van der Waals surface area (Å²) in [5.74, 6) is 0.162. The van der Waals surface area contributed by atoms with Crippen molar-refractivity contribution in [3.05, 3.63) is 0 Å². The summed E-state index contributed by atoms with van der Waals surface area (Å²) in [6.45, 7) is 4.53. The number of hydrogen-bond acceptors (Lipinski definition) is 2. The fraction of sp³-hybridized carbons (Fsp3) is 0.909. The Morgan fingerprint density at radius 3 is 2.29 bits per heavy atom. The average molecular weight is 198 g/mol. The first-order chi connectivity index (χ1) is 6.68. The Kier molecular flexibility index (Phi) is 3.93. The molecule has 14 heavy (non-hydrogen) atoms. The van der Waals surface area contributed by atoms with Crippen molar-refractivity contribution in [2.24, 2.45) is 11.1 Å². The summed E-state index contributed by atoms with van der Waals surface area (Å²) in [5.41, 5.74) is 5.38. The van der Waals surface area contributed by atoms with Gasteiger partial charge in [-0.1, -0.05) is 13.8 Å². The van der Waals surface area contributed by atoms with Gasteiger partial charge in [0, 0.05) is 12.6 Å². The Morgan fingerprint density at radius 1 is 1.43 bits per heavy atom. The van der Waals surface area contributed by atoms with Gasteiger partial charge in [0.15, 0.2) is 0 Å². The highest BCUT2D eigenvalue weighted by Crippen LogP contribution is 2.27. The number of nitrogens with two attached hydrogens (primary N) is 1. The van der Waals surface area contributed by atoms with Crippen LogP contribution in [0.25, 0.3) is 0 Å². The Morgan fingerprint density at radius 2 is 2.00 bits per heavy atom. The van der Waals surface area contributed by atoms with E-state index >= 15 is 0 Å². The molecule has 1 fully saturated rings. The van der Waals surface area contributed by atoms with Crippen LogP contribution in [0.2, 0.25) is 0 Å². The zero-order valence-corrected chi connectivity index (χ0v) is 9.31. The monoisotopic (exact) mass is 198 g/mol. The van der Waals surface area contributed by atoms with E-state index in [0.29, 0.717) is 12.6 Å². The first-order valence-electron chi connectivity index (χ1n) is 5.69. The predicted octanol–water partition coefficient (Wildman–Crippen LogP) is 1.42. The highest BCUT2D eigenvalue weighted by molar-refractivity contribution is 5.83. The van der Waals surface area contributed by atoms with E-state index in [-0.39, 0.29) is 11.3 Å². The van der Waals surface area contributed by atoms with E-state index in [1.165, 1.54) is 6.42 Å². The molecule has 1 aliphatic carbocycles. The topological polar surface area (TPSA) is 55.1 Å². The zero-order valence-electron chi connectivity index (χ0n) is 9.31. The summed E-state index contributed by atoms with van der Waals surface area (Å²) in [6.07, 6.45) is 5.19. The van der Waals surface area contributed by atoms with Crippen molar-refractivity contribution >= 4 is 5.91 Å². The zero-order chi connectivity index (χ0) is 10.6. The fourth-order valence-electron chi connectivity index (χ4n) is 1.84. The van der Waals surface area contributed by atoms with E-state index < -0.39 is 0 Å². The molecule has 0 heterocycles. The second-order valence-corrected chi connectivity index (χ2v) is 4.29. The van der Waals surface area contributed by atoms with Crippen molar-refractivity contribution in [1.82, 2.24) is 5.32 Å². The van der Waals surface area contributed by atoms with Gasteiger partial charge >= 0.3 is 0 Å². The molecule has 82 valence electrons. The molecule has 0 atom stereocenters. The summed E-state index contributed by atoms with van der Waals surface area (Å²) < 4.78 is 0. The highest BCUT2D eigenvalue weighted by Gasteiger charge is 2.35. The Bertz CT molecular complexity index is 187. The van der Waals surface area contributed by atoms with Crippen LogP contribution in [0.3, 0.4) is 0 Å². The van der Waals surface area contributed by atoms with Crippen molar-refractivity contribution in [2.45, 2.75) is 52.0 Å². The van der Waals surface area contributed by atoms with Crippen molar-refractivity contribution in [3.8, 4) is 0 Å². The van der Waals surface area contributed by atoms with Crippen LogP contribution < -0.4 is 11.1 Å². The number of amides is 1. The third-order valence-electron chi connectivity index (χ3n) is 3.67. The molecule has 0 saturated heterocycles. The molecule has 0 aromatic carbocycles. The smallest absolute Gasteiger partial charge is 0.227 e. The van der Waals surface area contributed by atoms with Gasteiger partial charge in [0.1, 0.15) is 0 Å². The minimum absolute atomic E-state index is 0.162. The van der Waals surface area contributed by atoms with Crippen molar-refractivity contribution in [2.75, 3.05) is 6.54 Å². The number of rotatable bonds is 5. The molecule has 0 spiro atoms. The molecule has 0 aromatic heterocycles. The van der Waals surface area contributed by atoms with Crippen LogP contribution in [-0.4, -0.2) is 18.5 Å². The maximum Gasteiger partial charge on any atom is 0.227 e.